The second-order valence-electron chi connectivity index (χ2n) is 3.84. The quantitative estimate of drug-likeness (QED) is 0.751. The summed E-state index contributed by atoms with van der Waals surface area (Å²) in [5.74, 6) is 0.684. The van der Waals surface area contributed by atoms with Gasteiger partial charge in [0, 0.05) is 16.6 Å². The van der Waals surface area contributed by atoms with Gasteiger partial charge in [-0.3, -0.25) is 0 Å². The van der Waals surface area contributed by atoms with E-state index >= 15 is 0 Å². The molecule has 86 valence electrons. The van der Waals surface area contributed by atoms with Gasteiger partial charge in [-0.15, -0.1) is 11.3 Å². The number of pyridine rings is 1. The highest BCUT2D eigenvalue weighted by Gasteiger charge is 2.00. The molecule has 3 nitrogen and oxygen atoms in total. The molecule has 2 aromatic heterocycles. The molecule has 2 heterocycles. The maximum absolute atomic E-state index is 8.84. The van der Waals surface area contributed by atoms with Gasteiger partial charge in [0.25, 0.3) is 0 Å². The van der Waals surface area contributed by atoms with Crippen molar-refractivity contribution < 1.29 is 0 Å². The Labute approximate surface area is 108 Å². The summed E-state index contributed by atoms with van der Waals surface area (Å²) in [7, 11) is 0. The van der Waals surface area contributed by atoms with Crippen molar-refractivity contribution in [3.8, 4) is 6.07 Å². The number of anilines is 2. The predicted octanol–water partition coefficient (Wildman–Crippen LogP) is 3.91. The standard InChI is InChI=1S/C14H9N3S/c15-9-10-3-5-16-14(7-10)17-12-1-2-13-11(8-12)4-6-18-13/h1-8H,(H,16,17). The number of nitrogens with zero attached hydrogens (tertiary/aromatic N) is 2. The first-order chi connectivity index (χ1) is 8.85. The monoisotopic (exact) mass is 251 g/mol. The van der Waals surface area contributed by atoms with E-state index in [2.05, 4.69) is 39.9 Å². The SMILES string of the molecule is N#Cc1ccnc(Nc2ccc3sccc3c2)c1. The molecule has 0 radical (unpaired) electrons. The molecule has 4 heteroatoms. The Morgan fingerprint density at radius 2 is 2.11 bits per heavy atom. The molecule has 0 atom stereocenters. The zero-order valence-electron chi connectivity index (χ0n) is 9.42. The predicted molar refractivity (Wildman–Crippen MR) is 74.1 cm³/mol. The number of benzene rings is 1. The molecule has 0 aliphatic rings. The Kier molecular flexibility index (Phi) is 2.67. The summed E-state index contributed by atoms with van der Waals surface area (Å²) in [5, 5.41) is 15.3. The highest BCUT2D eigenvalue weighted by atomic mass is 32.1. The van der Waals surface area contributed by atoms with Crippen LogP contribution in [0.5, 0.6) is 0 Å². The summed E-state index contributed by atoms with van der Waals surface area (Å²) in [6.45, 7) is 0. The summed E-state index contributed by atoms with van der Waals surface area (Å²) < 4.78 is 1.26. The molecule has 0 aliphatic carbocycles. The molecule has 3 rings (SSSR count). The molecule has 3 aromatic rings. The first-order valence-electron chi connectivity index (χ1n) is 5.45. The molecule has 0 unspecified atom stereocenters. The Morgan fingerprint density at radius 1 is 1.17 bits per heavy atom. The minimum atomic E-state index is 0.601. The molecule has 0 spiro atoms. The van der Waals surface area contributed by atoms with E-state index in [9.17, 15) is 0 Å². The topological polar surface area (TPSA) is 48.7 Å². The third-order valence-corrected chi connectivity index (χ3v) is 3.51. The van der Waals surface area contributed by atoms with Crippen LogP contribution in [0.3, 0.4) is 0 Å². The van der Waals surface area contributed by atoms with Crippen LogP contribution >= 0.6 is 11.3 Å². The van der Waals surface area contributed by atoms with E-state index in [1.54, 1.807) is 29.7 Å². The van der Waals surface area contributed by atoms with Gasteiger partial charge >= 0.3 is 0 Å². The number of aromatic nitrogens is 1. The first kappa shape index (κ1) is 10.8. The number of fused-ring (bicyclic) bond motifs is 1. The molecule has 0 aliphatic heterocycles. The molecule has 0 amide bonds. The summed E-state index contributed by atoms with van der Waals surface area (Å²) in [6.07, 6.45) is 1.63. The van der Waals surface area contributed by atoms with Crippen LogP contribution in [-0.4, -0.2) is 4.98 Å². The van der Waals surface area contributed by atoms with Crippen LogP contribution in [0.2, 0.25) is 0 Å². The molecular formula is C14H9N3S. The number of thiophene rings is 1. The molecule has 1 aromatic carbocycles. The van der Waals surface area contributed by atoms with Gasteiger partial charge in [-0.1, -0.05) is 0 Å². The van der Waals surface area contributed by atoms with Gasteiger partial charge in [0.15, 0.2) is 0 Å². The number of hydrogen-bond acceptors (Lipinski definition) is 4. The van der Waals surface area contributed by atoms with Gasteiger partial charge in [-0.2, -0.15) is 5.26 Å². The molecule has 18 heavy (non-hydrogen) atoms. The van der Waals surface area contributed by atoms with Crippen LogP contribution in [0.25, 0.3) is 10.1 Å². The normalized spacial score (nSPS) is 10.2. The van der Waals surface area contributed by atoms with Crippen LogP contribution in [0.4, 0.5) is 11.5 Å². The molecule has 1 N–H and O–H groups in total. The second-order valence-corrected chi connectivity index (χ2v) is 4.79. The van der Waals surface area contributed by atoms with E-state index in [1.165, 1.54) is 10.1 Å². The lowest BCUT2D eigenvalue weighted by Crippen LogP contribution is -1.93. The van der Waals surface area contributed by atoms with E-state index < -0.39 is 0 Å². The van der Waals surface area contributed by atoms with Gasteiger partial charge in [0.05, 0.1) is 11.6 Å². The van der Waals surface area contributed by atoms with E-state index in [-0.39, 0.29) is 0 Å². The van der Waals surface area contributed by atoms with Crippen molar-refractivity contribution in [1.82, 2.24) is 4.98 Å². The third-order valence-electron chi connectivity index (χ3n) is 2.61. The number of nitrogens with one attached hydrogen (secondary N) is 1. The fourth-order valence-corrected chi connectivity index (χ4v) is 2.53. The van der Waals surface area contributed by atoms with Crippen molar-refractivity contribution in [3.63, 3.8) is 0 Å². The smallest absolute Gasteiger partial charge is 0.131 e. The summed E-state index contributed by atoms with van der Waals surface area (Å²) in [4.78, 5) is 4.19. The van der Waals surface area contributed by atoms with E-state index in [4.69, 9.17) is 5.26 Å². The van der Waals surface area contributed by atoms with E-state index in [0.29, 0.717) is 11.4 Å². The average molecular weight is 251 g/mol. The molecule has 0 saturated heterocycles. The van der Waals surface area contributed by atoms with Crippen molar-refractivity contribution >= 4 is 32.9 Å². The lowest BCUT2D eigenvalue weighted by molar-refractivity contribution is 1.29. The summed E-state index contributed by atoms with van der Waals surface area (Å²) in [6, 6.07) is 13.8. The molecule has 0 bridgehead atoms. The van der Waals surface area contributed by atoms with Gasteiger partial charge in [0.1, 0.15) is 5.82 Å². The van der Waals surface area contributed by atoms with Crippen LogP contribution in [-0.2, 0) is 0 Å². The average Bonchev–Trinajstić information content (AvgIpc) is 2.86. The minimum absolute atomic E-state index is 0.601. The Morgan fingerprint density at radius 3 is 3.00 bits per heavy atom. The minimum Gasteiger partial charge on any atom is -0.340 e. The van der Waals surface area contributed by atoms with Crippen LogP contribution < -0.4 is 5.32 Å². The summed E-state index contributed by atoms with van der Waals surface area (Å²) >= 11 is 1.72. The third kappa shape index (κ3) is 2.04. The Hall–Kier alpha value is -2.38. The van der Waals surface area contributed by atoms with Crippen molar-refractivity contribution in [2.45, 2.75) is 0 Å². The van der Waals surface area contributed by atoms with Crippen LogP contribution in [0.1, 0.15) is 5.56 Å². The molecule has 0 fully saturated rings. The molecular weight excluding hydrogens is 242 g/mol. The van der Waals surface area contributed by atoms with Crippen molar-refractivity contribution in [1.29, 1.82) is 5.26 Å². The zero-order valence-corrected chi connectivity index (χ0v) is 10.2. The fraction of sp³-hybridized carbons (Fsp3) is 0. The van der Waals surface area contributed by atoms with E-state index in [1.807, 2.05) is 6.07 Å². The number of rotatable bonds is 2. The Balaban J connectivity index is 1.93. The zero-order chi connectivity index (χ0) is 12.4. The summed E-state index contributed by atoms with van der Waals surface area (Å²) in [5.41, 5.74) is 1.58. The highest BCUT2D eigenvalue weighted by Crippen LogP contribution is 2.25. The highest BCUT2D eigenvalue weighted by molar-refractivity contribution is 7.17. The van der Waals surface area contributed by atoms with Crippen LogP contribution in [0, 0.1) is 11.3 Å². The van der Waals surface area contributed by atoms with Gasteiger partial charge < -0.3 is 5.32 Å². The van der Waals surface area contributed by atoms with E-state index in [0.717, 1.165) is 5.69 Å². The largest absolute Gasteiger partial charge is 0.340 e. The Bertz CT molecular complexity index is 740. The molecule has 0 saturated carbocycles. The lowest BCUT2D eigenvalue weighted by Gasteiger charge is -2.05. The van der Waals surface area contributed by atoms with Crippen molar-refractivity contribution in [2.24, 2.45) is 0 Å². The van der Waals surface area contributed by atoms with Gasteiger partial charge in [-0.05, 0) is 47.2 Å². The van der Waals surface area contributed by atoms with Crippen molar-refractivity contribution in [2.75, 3.05) is 5.32 Å². The lowest BCUT2D eigenvalue weighted by atomic mass is 10.2. The second kappa shape index (κ2) is 4.47. The van der Waals surface area contributed by atoms with Gasteiger partial charge in [-0.25, -0.2) is 4.98 Å². The maximum Gasteiger partial charge on any atom is 0.131 e. The fourth-order valence-electron chi connectivity index (χ4n) is 1.76. The van der Waals surface area contributed by atoms with Gasteiger partial charge in [0.2, 0.25) is 0 Å². The first-order valence-corrected chi connectivity index (χ1v) is 6.33. The van der Waals surface area contributed by atoms with Crippen LogP contribution in [0.15, 0.2) is 48.0 Å². The van der Waals surface area contributed by atoms with Crippen molar-refractivity contribution in [3.05, 3.63) is 53.5 Å². The number of hydrogen-bond donors (Lipinski definition) is 1. The maximum atomic E-state index is 8.84. The number of nitriles is 1.